The Balaban J connectivity index is 1.75. The van der Waals surface area contributed by atoms with Gasteiger partial charge < -0.3 is 0 Å². The maximum Gasteiger partial charge on any atom is 0.220 e. The lowest BCUT2D eigenvalue weighted by Crippen LogP contribution is -1.95. The molecule has 6 aromatic rings. The van der Waals surface area contributed by atoms with Gasteiger partial charge in [-0.3, -0.25) is 8.97 Å². The Labute approximate surface area is 168 Å². The molecule has 0 amide bonds. The molecule has 0 fully saturated rings. The lowest BCUT2D eigenvalue weighted by Gasteiger charge is -2.07. The van der Waals surface area contributed by atoms with E-state index in [9.17, 15) is 0 Å². The van der Waals surface area contributed by atoms with E-state index in [4.69, 9.17) is 4.98 Å². The van der Waals surface area contributed by atoms with Crippen molar-refractivity contribution >= 4 is 27.8 Å². The molecule has 3 heteroatoms. The van der Waals surface area contributed by atoms with E-state index in [1.54, 1.807) is 0 Å². The van der Waals surface area contributed by atoms with Crippen LogP contribution >= 0.6 is 0 Å². The fraction of sp³-hybridized carbons (Fsp3) is 0.0385. The molecule has 4 aromatic carbocycles. The average molecular weight is 373 g/mol. The highest BCUT2D eigenvalue weighted by Crippen LogP contribution is 2.32. The molecule has 0 atom stereocenters. The molecule has 3 nitrogen and oxygen atoms in total. The number of rotatable bonds is 2. The maximum atomic E-state index is 4.98. The van der Waals surface area contributed by atoms with Crippen LogP contribution in [0.3, 0.4) is 0 Å². The zero-order valence-electron chi connectivity index (χ0n) is 16.1. The van der Waals surface area contributed by atoms with Crippen molar-refractivity contribution in [1.82, 2.24) is 14.0 Å². The van der Waals surface area contributed by atoms with Gasteiger partial charge in [0.05, 0.1) is 22.1 Å². The minimum Gasteiger partial charge on any atom is -0.278 e. The van der Waals surface area contributed by atoms with Crippen molar-refractivity contribution in [3.05, 3.63) is 103 Å². The predicted molar refractivity (Wildman–Crippen MR) is 120 cm³/mol. The first-order chi connectivity index (χ1) is 14.3. The molecule has 0 saturated carbocycles. The van der Waals surface area contributed by atoms with Crippen molar-refractivity contribution < 1.29 is 0 Å². The molecular weight excluding hydrogens is 354 g/mol. The van der Waals surface area contributed by atoms with Gasteiger partial charge >= 0.3 is 0 Å². The van der Waals surface area contributed by atoms with Crippen LogP contribution < -0.4 is 0 Å². The third-order valence-corrected chi connectivity index (χ3v) is 5.60. The molecule has 2 heterocycles. The highest BCUT2D eigenvalue weighted by Gasteiger charge is 2.17. The van der Waals surface area contributed by atoms with E-state index in [2.05, 4.69) is 107 Å². The fourth-order valence-corrected chi connectivity index (χ4v) is 4.16. The van der Waals surface area contributed by atoms with Crippen LogP contribution in [0.25, 0.3) is 44.7 Å². The van der Waals surface area contributed by atoms with Gasteiger partial charge in [0, 0.05) is 5.69 Å². The van der Waals surface area contributed by atoms with E-state index < -0.39 is 0 Å². The third-order valence-electron chi connectivity index (χ3n) is 5.60. The Morgan fingerprint density at radius 3 is 2.21 bits per heavy atom. The molecule has 0 spiro atoms. The molecule has 0 aliphatic carbocycles. The van der Waals surface area contributed by atoms with E-state index in [-0.39, 0.29) is 0 Å². The van der Waals surface area contributed by atoms with E-state index in [1.807, 2.05) is 6.07 Å². The van der Waals surface area contributed by atoms with E-state index in [1.165, 1.54) is 16.7 Å². The molecule has 0 radical (unpaired) electrons. The number of imidazole rings is 2. The van der Waals surface area contributed by atoms with E-state index >= 15 is 0 Å². The average Bonchev–Trinajstić information content (AvgIpc) is 3.29. The zero-order valence-corrected chi connectivity index (χ0v) is 16.1. The van der Waals surface area contributed by atoms with E-state index in [0.29, 0.717) is 0 Å². The summed E-state index contributed by atoms with van der Waals surface area (Å²) in [6, 6.07) is 34.2. The van der Waals surface area contributed by atoms with Crippen molar-refractivity contribution in [3.8, 4) is 16.8 Å². The number of fused-ring (bicyclic) bond motifs is 5. The Hall–Kier alpha value is -3.85. The first kappa shape index (κ1) is 16.1. The molecule has 29 heavy (non-hydrogen) atoms. The number of hydrogen-bond acceptors (Lipinski definition) is 1. The topological polar surface area (TPSA) is 22.2 Å². The summed E-state index contributed by atoms with van der Waals surface area (Å²) in [5.74, 6) is 0.940. The standard InChI is InChI=1S/C26H19N3/c1-18-11-14-21(15-12-18)28-24-16-13-20(19-7-3-2-4-8-19)17-25(24)29-23-10-6-5-9-22(23)27-26(28)29/h2-17H,1H3. The minimum atomic E-state index is 0.940. The van der Waals surface area contributed by atoms with Gasteiger partial charge in [0.2, 0.25) is 5.78 Å². The van der Waals surface area contributed by atoms with Crippen LogP contribution in [0.5, 0.6) is 0 Å². The summed E-state index contributed by atoms with van der Waals surface area (Å²) in [4.78, 5) is 4.98. The van der Waals surface area contributed by atoms with Gasteiger partial charge in [-0.2, -0.15) is 0 Å². The highest BCUT2D eigenvalue weighted by atomic mass is 15.2. The highest BCUT2D eigenvalue weighted by molar-refractivity contribution is 5.94. The Morgan fingerprint density at radius 2 is 1.38 bits per heavy atom. The Morgan fingerprint density at radius 1 is 0.621 bits per heavy atom. The van der Waals surface area contributed by atoms with Crippen molar-refractivity contribution in [1.29, 1.82) is 0 Å². The molecular formula is C26H19N3. The molecule has 6 rings (SSSR count). The third kappa shape index (κ3) is 2.41. The van der Waals surface area contributed by atoms with Gasteiger partial charge in [-0.1, -0.05) is 66.2 Å². The smallest absolute Gasteiger partial charge is 0.220 e. The summed E-state index contributed by atoms with van der Waals surface area (Å²) in [7, 11) is 0. The van der Waals surface area contributed by atoms with E-state index in [0.717, 1.165) is 33.5 Å². The van der Waals surface area contributed by atoms with Crippen molar-refractivity contribution in [2.45, 2.75) is 6.92 Å². The molecule has 0 aliphatic heterocycles. The summed E-state index contributed by atoms with van der Waals surface area (Å²) in [5.41, 5.74) is 9.25. The molecule has 0 saturated heterocycles. The molecule has 0 N–H and O–H groups in total. The second-order valence-corrected chi connectivity index (χ2v) is 7.48. The zero-order chi connectivity index (χ0) is 19.4. The second-order valence-electron chi connectivity index (χ2n) is 7.48. The molecule has 0 bridgehead atoms. The normalized spacial score (nSPS) is 11.6. The van der Waals surface area contributed by atoms with Crippen molar-refractivity contribution in [3.63, 3.8) is 0 Å². The summed E-state index contributed by atoms with van der Waals surface area (Å²) < 4.78 is 4.53. The number of para-hydroxylation sites is 2. The maximum absolute atomic E-state index is 4.98. The summed E-state index contributed by atoms with van der Waals surface area (Å²) in [6.07, 6.45) is 0. The fourth-order valence-electron chi connectivity index (χ4n) is 4.16. The first-order valence-electron chi connectivity index (χ1n) is 9.84. The molecule has 2 aromatic heterocycles. The monoisotopic (exact) mass is 373 g/mol. The van der Waals surface area contributed by atoms with Crippen molar-refractivity contribution in [2.75, 3.05) is 0 Å². The molecule has 0 aliphatic rings. The molecule has 0 unspecified atom stereocenters. The van der Waals surface area contributed by atoms with Gasteiger partial charge in [0.15, 0.2) is 0 Å². The Kier molecular flexibility index (Phi) is 3.38. The quantitative estimate of drug-likeness (QED) is 0.344. The van der Waals surface area contributed by atoms with Crippen LogP contribution in [-0.4, -0.2) is 14.0 Å². The number of benzene rings is 4. The second kappa shape index (κ2) is 6.08. The minimum absolute atomic E-state index is 0.940. The van der Waals surface area contributed by atoms with Gasteiger partial charge in [0.1, 0.15) is 0 Å². The van der Waals surface area contributed by atoms with Gasteiger partial charge in [-0.15, -0.1) is 0 Å². The van der Waals surface area contributed by atoms with Crippen molar-refractivity contribution in [2.24, 2.45) is 0 Å². The SMILES string of the molecule is Cc1ccc(-n2c3ccc(-c4ccccc4)cc3n3c4ccccc4nc23)cc1. The van der Waals surface area contributed by atoms with Gasteiger partial charge in [-0.05, 0) is 54.4 Å². The summed E-state index contributed by atoms with van der Waals surface area (Å²) >= 11 is 0. The van der Waals surface area contributed by atoms with Crippen LogP contribution in [0.2, 0.25) is 0 Å². The number of nitrogens with zero attached hydrogens (tertiary/aromatic N) is 3. The van der Waals surface area contributed by atoms with Crippen LogP contribution in [0, 0.1) is 6.92 Å². The van der Waals surface area contributed by atoms with Gasteiger partial charge in [-0.25, -0.2) is 4.98 Å². The lowest BCUT2D eigenvalue weighted by atomic mass is 10.1. The first-order valence-corrected chi connectivity index (χ1v) is 9.84. The lowest BCUT2D eigenvalue weighted by molar-refractivity contribution is 1.11. The van der Waals surface area contributed by atoms with Crippen LogP contribution in [-0.2, 0) is 0 Å². The summed E-state index contributed by atoms with van der Waals surface area (Å²) in [6.45, 7) is 2.11. The van der Waals surface area contributed by atoms with Crippen LogP contribution in [0.1, 0.15) is 5.56 Å². The number of aromatic nitrogens is 3. The number of aryl methyl sites for hydroxylation is 1. The Bertz CT molecular complexity index is 1490. The van der Waals surface area contributed by atoms with Crippen LogP contribution in [0.4, 0.5) is 0 Å². The van der Waals surface area contributed by atoms with Gasteiger partial charge in [0.25, 0.3) is 0 Å². The largest absolute Gasteiger partial charge is 0.278 e. The summed E-state index contributed by atoms with van der Waals surface area (Å²) in [5, 5.41) is 0. The number of hydrogen-bond donors (Lipinski definition) is 0. The molecule has 138 valence electrons. The van der Waals surface area contributed by atoms with Crippen LogP contribution in [0.15, 0.2) is 97.1 Å². The predicted octanol–water partition coefficient (Wildman–Crippen LogP) is 6.41.